The standard InChI is InChI=1S/C10H14N2O2.ClH/c1-7(13)12-9-5-8(6-11)3-4-10(9)14-2;/h3-5H,6,11H2,1-2H3,(H,12,13);1H. The highest BCUT2D eigenvalue weighted by Crippen LogP contribution is 2.25. The molecule has 0 spiro atoms. The van der Waals surface area contributed by atoms with E-state index < -0.39 is 0 Å². The quantitative estimate of drug-likeness (QED) is 0.828. The number of amides is 1. The van der Waals surface area contributed by atoms with E-state index in [1.807, 2.05) is 6.07 Å². The van der Waals surface area contributed by atoms with Crippen molar-refractivity contribution >= 4 is 24.0 Å². The van der Waals surface area contributed by atoms with Crippen molar-refractivity contribution in [2.45, 2.75) is 13.5 Å². The first-order valence-corrected chi connectivity index (χ1v) is 4.32. The molecule has 84 valence electrons. The number of rotatable bonds is 3. The van der Waals surface area contributed by atoms with E-state index in [0.29, 0.717) is 18.0 Å². The number of hydrogen-bond donors (Lipinski definition) is 2. The van der Waals surface area contributed by atoms with E-state index in [0.717, 1.165) is 5.56 Å². The number of anilines is 1. The molecule has 0 aliphatic carbocycles. The second-order valence-corrected chi connectivity index (χ2v) is 2.92. The summed E-state index contributed by atoms with van der Waals surface area (Å²) in [4.78, 5) is 10.9. The number of halogens is 1. The van der Waals surface area contributed by atoms with Crippen molar-refractivity contribution < 1.29 is 9.53 Å². The number of carbonyl (C=O) groups is 1. The summed E-state index contributed by atoms with van der Waals surface area (Å²) in [6.07, 6.45) is 0. The number of nitrogens with one attached hydrogen (secondary N) is 1. The topological polar surface area (TPSA) is 64.3 Å². The van der Waals surface area contributed by atoms with Gasteiger partial charge in [0.15, 0.2) is 0 Å². The van der Waals surface area contributed by atoms with Gasteiger partial charge in [-0.05, 0) is 17.7 Å². The lowest BCUT2D eigenvalue weighted by Gasteiger charge is -2.09. The first-order valence-electron chi connectivity index (χ1n) is 4.32. The highest BCUT2D eigenvalue weighted by Gasteiger charge is 2.04. The summed E-state index contributed by atoms with van der Waals surface area (Å²) in [5.74, 6) is 0.509. The van der Waals surface area contributed by atoms with Crippen LogP contribution < -0.4 is 15.8 Å². The van der Waals surface area contributed by atoms with Gasteiger partial charge in [0, 0.05) is 13.5 Å². The molecule has 0 unspecified atom stereocenters. The fourth-order valence-electron chi connectivity index (χ4n) is 1.17. The van der Waals surface area contributed by atoms with E-state index in [4.69, 9.17) is 10.5 Å². The van der Waals surface area contributed by atoms with Crippen molar-refractivity contribution in [2.75, 3.05) is 12.4 Å². The predicted octanol–water partition coefficient (Wildman–Crippen LogP) is 1.53. The Morgan fingerprint density at radius 1 is 1.53 bits per heavy atom. The van der Waals surface area contributed by atoms with E-state index >= 15 is 0 Å². The number of ether oxygens (including phenoxy) is 1. The van der Waals surface area contributed by atoms with E-state index in [1.165, 1.54) is 6.92 Å². The van der Waals surface area contributed by atoms with Gasteiger partial charge in [-0.2, -0.15) is 0 Å². The Hall–Kier alpha value is -1.26. The Morgan fingerprint density at radius 3 is 2.67 bits per heavy atom. The second-order valence-electron chi connectivity index (χ2n) is 2.92. The van der Waals surface area contributed by atoms with Gasteiger partial charge in [-0.3, -0.25) is 4.79 Å². The minimum Gasteiger partial charge on any atom is -0.495 e. The molecule has 15 heavy (non-hydrogen) atoms. The number of hydrogen-bond acceptors (Lipinski definition) is 3. The molecule has 1 rings (SSSR count). The van der Waals surface area contributed by atoms with Gasteiger partial charge in [0.2, 0.25) is 5.91 Å². The van der Waals surface area contributed by atoms with Gasteiger partial charge in [-0.25, -0.2) is 0 Å². The summed E-state index contributed by atoms with van der Waals surface area (Å²) in [6, 6.07) is 5.46. The van der Waals surface area contributed by atoms with Crippen LogP contribution in [0.5, 0.6) is 5.75 Å². The maximum atomic E-state index is 10.9. The normalized spacial score (nSPS) is 9.00. The minimum atomic E-state index is -0.127. The lowest BCUT2D eigenvalue weighted by molar-refractivity contribution is -0.114. The van der Waals surface area contributed by atoms with Gasteiger partial charge < -0.3 is 15.8 Å². The molecule has 0 heterocycles. The van der Waals surface area contributed by atoms with Crippen LogP contribution in [-0.4, -0.2) is 13.0 Å². The fraction of sp³-hybridized carbons (Fsp3) is 0.300. The Bertz CT molecular complexity index is 342. The van der Waals surface area contributed by atoms with Crippen LogP contribution in [0.1, 0.15) is 12.5 Å². The molecular weight excluding hydrogens is 216 g/mol. The average Bonchev–Trinajstić information content (AvgIpc) is 2.16. The van der Waals surface area contributed by atoms with E-state index in [-0.39, 0.29) is 18.3 Å². The summed E-state index contributed by atoms with van der Waals surface area (Å²) in [5, 5.41) is 2.68. The van der Waals surface area contributed by atoms with Crippen LogP contribution in [0, 0.1) is 0 Å². The third-order valence-corrected chi connectivity index (χ3v) is 1.81. The van der Waals surface area contributed by atoms with Crippen LogP contribution >= 0.6 is 12.4 Å². The van der Waals surface area contributed by atoms with Crippen LogP contribution in [0.15, 0.2) is 18.2 Å². The van der Waals surface area contributed by atoms with Gasteiger partial charge in [0.25, 0.3) is 0 Å². The molecule has 0 atom stereocenters. The van der Waals surface area contributed by atoms with Crippen molar-refractivity contribution in [1.82, 2.24) is 0 Å². The summed E-state index contributed by atoms with van der Waals surface area (Å²) >= 11 is 0. The van der Waals surface area contributed by atoms with Crippen LogP contribution in [0.4, 0.5) is 5.69 Å². The van der Waals surface area contributed by atoms with Crippen LogP contribution in [0.2, 0.25) is 0 Å². The largest absolute Gasteiger partial charge is 0.495 e. The number of carbonyl (C=O) groups excluding carboxylic acids is 1. The zero-order valence-electron chi connectivity index (χ0n) is 8.74. The molecule has 4 nitrogen and oxygen atoms in total. The van der Waals surface area contributed by atoms with Gasteiger partial charge >= 0.3 is 0 Å². The molecular formula is C10H15ClN2O2. The Kier molecular flexibility index (Phi) is 5.74. The molecule has 0 aliphatic heterocycles. The Balaban J connectivity index is 0.00000196. The molecule has 0 aliphatic rings. The van der Waals surface area contributed by atoms with Crippen molar-refractivity contribution in [3.8, 4) is 5.75 Å². The van der Waals surface area contributed by atoms with Gasteiger partial charge in [-0.15, -0.1) is 12.4 Å². The molecule has 0 bridgehead atoms. The van der Waals surface area contributed by atoms with Crippen LogP contribution in [-0.2, 0) is 11.3 Å². The Labute approximate surface area is 95.2 Å². The average molecular weight is 231 g/mol. The van der Waals surface area contributed by atoms with Crippen LogP contribution in [0.3, 0.4) is 0 Å². The number of nitrogens with two attached hydrogens (primary N) is 1. The van der Waals surface area contributed by atoms with Crippen molar-refractivity contribution in [2.24, 2.45) is 5.73 Å². The third kappa shape index (κ3) is 3.77. The maximum Gasteiger partial charge on any atom is 0.221 e. The molecule has 0 saturated heterocycles. The van der Waals surface area contributed by atoms with E-state index in [1.54, 1.807) is 19.2 Å². The molecule has 5 heteroatoms. The minimum absolute atomic E-state index is 0. The zero-order chi connectivity index (χ0) is 10.6. The molecule has 0 radical (unpaired) electrons. The lowest BCUT2D eigenvalue weighted by atomic mass is 10.2. The molecule has 1 aromatic carbocycles. The zero-order valence-corrected chi connectivity index (χ0v) is 9.56. The van der Waals surface area contributed by atoms with Crippen molar-refractivity contribution in [1.29, 1.82) is 0 Å². The molecule has 0 aromatic heterocycles. The Morgan fingerprint density at radius 2 is 2.20 bits per heavy atom. The first kappa shape index (κ1) is 13.7. The highest BCUT2D eigenvalue weighted by atomic mass is 35.5. The predicted molar refractivity (Wildman–Crippen MR) is 62.4 cm³/mol. The lowest BCUT2D eigenvalue weighted by Crippen LogP contribution is -2.08. The number of benzene rings is 1. The molecule has 1 amide bonds. The number of methoxy groups -OCH3 is 1. The van der Waals surface area contributed by atoms with Gasteiger partial charge in [0.05, 0.1) is 12.8 Å². The third-order valence-electron chi connectivity index (χ3n) is 1.81. The van der Waals surface area contributed by atoms with Crippen molar-refractivity contribution in [3.05, 3.63) is 23.8 Å². The summed E-state index contributed by atoms with van der Waals surface area (Å²) in [7, 11) is 1.56. The second kappa shape index (κ2) is 6.27. The monoisotopic (exact) mass is 230 g/mol. The van der Waals surface area contributed by atoms with Gasteiger partial charge in [0.1, 0.15) is 5.75 Å². The maximum absolute atomic E-state index is 10.9. The SMILES string of the molecule is COc1ccc(CN)cc1NC(C)=O.Cl. The fourth-order valence-corrected chi connectivity index (χ4v) is 1.17. The summed E-state index contributed by atoms with van der Waals surface area (Å²) < 4.78 is 5.09. The van der Waals surface area contributed by atoms with E-state index in [2.05, 4.69) is 5.32 Å². The van der Waals surface area contributed by atoms with Gasteiger partial charge in [-0.1, -0.05) is 6.07 Å². The van der Waals surface area contributed by atoms with Crippen molar-refractivity contribution in [3.63, 3.8) is 0 Å². The summed E-state index contributed by atoms with van der Waals surface area (Å²) in [6.45, 7) is 1.89. The summed E-state index contributed by atoms with van der Waals surface area (Å²) in [5.41, 5.74) is 7.10. The first-order chi connectivity index (χ1) is 6.67. The molecule has 0 saturated carbocycles. The molecule has 1 aromatic rings. The smallest absolute Gasteiger partial charge is 0.221 e. The van der Waals surface area contributed by atoms with Crippen LogP contribution in [0.25, 0.3) is 0 Å². The molecule has 0 fully saturated rings. The highest BCUT2D eigenvalue weighted by molar-refractivity contribution is 5.90. The molecule has 3 N–H and O–H groups in total. The van der Waals surface area contributed by atoms with E-state index in [9.17, 15) is 4.79 Å².